The molecule has 0 spiro atoms. The van der Waals surface area contributed by atoms with E-state index in [1.807, 2.05) is 48.6 Å². The fourth-order valence-corrected chi connectivity index (χ4v) is 6.05. The Hall–Kier alpha value is -4.71. The second-order valence-electron chi connectivity index (χ2n) is 15.7. The van der Waals surface area contributed by atoms with Crippen molar-refractivity contribution in [3.8, 4) is 0 Å². The summed E-state index contributed by atoms with van der Waals surface area (Å²) in [5, 5.41) is 0. The van der Waals surface area contributed by atoms with Crippen molar-refractivity contribution < 1.29 is 28.6 Å². The number of hydrogen-bond acceptors (Lipinski definition) is 6. The first-order chi connectivity index (χ1) is 31.5. The maximum Gasteiger partial charge on any atom is 0.306 e. The third-order valence-electron chi connectivity index (χ3n) is 9.70. The van der Waals surface area contributed by atoms with Crippen LogP contribution >= 0.6 is 0 Å². The summed E-state index contributed by atoms with van der Waals surface area (Å²) in [4.78, 5) is 37.9. The molecule has 356 valence electrons. The molecular weight excluding hydrogens is 793 g/mol. The molecule has 0 N–H and O–H groups in total. The molecule has 6 heteroatoms. The molecular formula is C58H88O6. The van der Waals surface area contributed by atoms with Gasteiger partial charge in [-0.25, -0.2) is 0 Å². The Labute approximate surface area is 391 Å². The largest absolute Gasteiger partial charge is 0.462 e. The number of allylic oxidation sites excluding steroid dienone is 24. The van der Waals surface area contributed by atoms with Gasteiger partial charge in [-0.2, -0.15) is 0 Å². The highest BCUT2D eigenvalue weighted by Crippen LogP contribution is 2.12. The van der Waals surface area contributed by atoms with E-state index in [0.717, 1.165) is 135 Å². The molecule has 0 aliphatic heterocycles. The Morgan fingerprint density at radius 3 is 1.08 bits per heavy atom. The Morgan fingerprint density at radius 2 is 0.641 bits per heavy atom. The van der Waals surface area contributed by atoms with Crippen molar-refractivity contribution in [1.29, 1.82) is 0 Å². The minimum Gasteiger partial charge on any atom is -0.462 e. The third-order valence-corrected chi connectivity index (χ3v) is 9.70. The van der Waals surface area contributed by atoms with Gasteiger partial charge in [0.15, 0.2) is 6.10 Å². The van der Waals surface area contributed by atoms with Crippen LogP contribution in [0.5, 0.6) is 0 Å². The zero-order valence-corrected chi connectivity index (χ0v) is 40.5. The first-order valence-electron chi connectivity index (χ1n) is 24.9. The van der Waals surface area contributed by atoms with E-state index in [1.54, 1.807) is 0 Å². The molecule has 0 aromatic carbocycles. The number of hydrogen-bond donors (Lipinski definition) is 0. The lowest BCUT2D eigenvalue weighted by Gasteiger charge is -2.18. The van der Waals surface area contributed by atoms with Gasteiger partial charge in [-0.1, -0.05) is 199 Å². The highest BCUT2D eigenvalue weighted by molar-refractivity contribution is 5.71. The molecule has 0 radical (unpaired) electrons. The zero-order valence-electron chi connectivity index (χ0n) is 40.5. The van der Waals surface area contributed by atoms with Crippen molar-refractivity contribution in [3.05, 3.63) is 146 Å². The van der Waals surface area contributed by atoms with Crippen molar-refractivity contribution >= 4 is 17.9 Å². The van der Waals surface area contributed by atoms with Gasteiger partial charge in [0.2, 0.25) is 0 Å². The van der Waals surface area contributed by atoms with E-state index >= 15 is 0 Å². The monoisotopic (exact) mass is 881 g/mol. The highest BCUT2D eigenvalue weighted by Gasteiger charge is 2.19. The number of esters is 3. The minimum absolute atomic E-state index is 0.120. The lowest BCUT2D eigenvalue weighted by Crippen LogP contribution is -2.30. The van der Waals surface area contributed by atoms with E-state index < -0.39 is 6.10 Å². The molecule has 0 aromatic heterocycles. The molecule has 0 fully saturated rings. The lowest BCUT2D eigenvalue weighted by atomic mass is 10.1. The zero-order chi connectivity index (χ0) is 46.5. The van der Waals surface area contributed by atoms with Crippen LogP contribution in [0, 0.1) is 0 Å². The highest BCUT2D eigenvalue weighted by atomic mass is 16.6. The topological polar surface area (TPSA) is 78.9 Å². The van der Waals surface area contributed by atoms with Gasteiger partial charge in [-0.05, 0) is 109 Å². The van der Waals surface area contributed by atoms with Crippen molar-refractivity contribution in [1.82, 2.24) is 0 Å². The molecule has 0 aliphatic carbocycles. The molecule has 1 unspecified atom stereocenters. The maximum atomic E-state index is 12.8. The van der Waals surface area contributed by atoms with E-state index in [0.29, 0.717) is 19.3 Å². The summed E-state index contributed by atoms with van der Waals surface area (Å²) in [5.41, 5.74) is 0. The first kappa shape index (κ1) is 59.3. The minimum atomic E-state index is -0.826. The van der Waals surface area contributed by atoms with E-state index in [1.165, 1.54) is 0 Å². The van der Waals surface area contributed by atoms with Gasteiger partial charge in [0.25, 0.3) is 0 Å². The van der Waals surface area contributed by atoms with Gasteiger partial charge in [-0.3, -0.25) is 14.4 Å². The fraction of sp³-hybridized carbons (Fsp3) is 0.534. The van der Waals surface area contributed by atoms with Gasteiger partial charge in [0.05, 0.1) is 0 Å². The molecule has 0 saturated carbocycles. The second-order valence-corrected chi connectivity index (χ2v) is 15.7. The third kappa shape index (κ3) is 48.3. The Balaban J connectivity index is 4.56. The Kier molecular flexibility index (Phi) is 47.2. The number of unbranched alkanes of at least 4 members (excludes halogenated alkanes) is 11. The summed E-state index contributed by atoms with van der Waals surface area (Å²) < 4.78 is 16.7. The van der Waals surface area contributed by atoms with E-state index in [9.17, 15) is 14.4 Å². The molecule has 0 aromatic rings. The summed E-state index contributed by atoms with van der Waals surface area (Å²) in [6, 6.07) is 0. The van der Waals surface area contributed by atoms with E-state index in [2.05, 4.69) is 118 Å². The molecule has 0 heterocycles. The second kappa shape index (κ2) is 50.9. The van der Waals surface area contributed by atoms with Crippen LogP contribution in [0.4, 0.5) is 0 Å². The van der Waals surface area contributed by atoms with Crippen LogP contribution in [0.1, 0.15) is 181 Å². The first-order valence-corrected chi connectivity index (χ1v) is 24.9. The van der Waals surface area contributed by atoms with Crippen LogP contribution < -0.4 is 0 Å². The molecule has 64 heavy (non-hydrogen) atoms. The quantitative estimate of drug-likeness (QED) is 0.0200. The van der Waals surface area contributed by atoms with Gasteiger partial charge in [0, 0.05) is 19.3 Å². The summed E-state index contributed by atoms with van der Waals surface area (Å²) in [6.07, 6.45) is 72.6. The van der Waals surface area contributed by atoms with Gasteiger partial charge in [-0.15, -0.1) is 0 Å². The van der Waals surface area contributed by atoms with Crippen LogP contribution in [0.25, 0.3) is 0 Å². The molecule has 0 saturated heterocycles. The van der Waals surface area contributed by atoms with Crippen LogP contribution in [0.15, 0.2) is 146 Å². The predicted molar refractivity (Wildman–Crippen MR) is 274 cm³/mol. The van der Waals surface area contributed by atoms with Crippen LogP contribution in [0.2, 0.25) is 0 Å². The van der Waals surface area contributed by atoms with Crippen LogP contribution in [0.3, 0.4) is 0 Å². The van der Waals surface area contributed by atoms with Crippen molar-refractivity contribution in [3.63, 3.8) is 0 Å². The lowest BCUT2D eigenvalue weighted by molar-refractivity contribution is -0.167. The fourth-order valence-electron chi connectivity index (χ4n) is 6.05. The van der Waals surface area contributed by atoms with E-state index in [-0.39, 0.29) is 37.5 Å². The summed E-state index contributed by atoms with van der Waals surface area (Å²) >= 11 is 0. The SMILES string of the molecule is CC\C=C/C=C\C=C/C=C\C=C/CCCCCC(=O)OC(COC(=O)CCCCC/C=C\C/C=C\C/C=C\C/C=C\C/C=C\CC)COC(=O)CCCCCCC/C=C\C/C=C\CC. The number of carbonyl (C=O) groups is 3. The normalized spacial score (nSPS) is 13.4. The maximum absolute atomic E-state index is 12.8. The molecule has 0 aliphatic rings. The smallest absolute Gasteiger partial charge is 0.306 e. The molecule has 1 atom stereocenters. The van der Waals surface area contributed by atoms with Crippen molar-refractivity contribution in [2.45, 2.75) is 187 Å². The van der Waals surface area contributed by atoms with Gasteiger partial charge < -0.3 is 14.2 Å². The molecule has 0 bridgehead atoms. The number of rotatable bonds is 42. The summed E-state index contributed by atoms with van der Waals surface area (Å²) in [7, 11) is 0. The van der Waals surface area contributed by atoms with Crippen molar-refractivity contribution in [2.75, 3.05) is 13.2 Å². The Bertz CT molecular complexity index is 1480. The Morgan fingerprint density at radius 1 is 0.328 bits per heavy atom. The van der Waals surface area contributed by atoms with Gasteiger partial charge in [0.1, 0.15) is 13.2 Å². The van der Waals surface area contributed by atoms with Crippen LogP contribution in [-0.2, 0) is 28.6 Å². The average Bonchev–Trinajstić information content (AvgIpc) is 3.29. The standard InChI is InChI=1S/C58H88O6/c1-4-7-10-13-16-19-22-25-27-28-29-30-32-33-36-39-42-45-48-51-57(60)63-54-55(53-62-56(59)50-47-44-41-38-35-24-21-18-15-12-9-6-3)64-58(61)52-49-46-43-40-37-34-31-26-23-20-17-14-11-8-5-2/h7-12,14,16-21,23,25-27,29-31,33-34,36-37,55H,4-6,13,15,22,24,28,32,35,38-54H2,1-3H3/b10-7-,11-8-,12-9-,17-14-,19-16-,21-18-,23-20-,27-25-,30-29-,31-26-,36-33-,37-34-. The molecule has 6 nitrogen and oxygen atoms in total. The van der Waals surface area contributed by atoms with Crippen molar-refractivity contribution in [2.24, 2.45) is 0 Å². The van der Waals surface area contributed by atoms with Gasteiger partial charge >= 0.3 is 17.9 Å². The van der Waals surface area contributed by atoms with Crippen LogP contribution in [-0.4, -0.2) is 37.2 Å². The molecule has 0 rings (SSSR count). The number of carbonyl (C=O) groups excluding carboxylic acids is 3. The summed E-state index contributed by atoms with van der Waals surface area (Å²) in [6.45, 7) is 6.16. The molecule has 0 amide bonds. The number of ether oxygens (including phenoxy) is 3. The summed E-state index contributed by atoms with van der Waals surface area (Å²) in [5.74, 6) is -1.02. The van der Waals surface area contributed by atoms with E-state index in [4.69, 9.17) is 14.2 Å². The predicted octanol–water partition coefficient (Wildman–Crippen LogP) is 16.5. The average molecular weight is 881 g/mol.